The topological polar surface area (TPSA) is 61.8 Å². The van der Waals surface area contributed by atoms with E-state index in [0.717, 1.165) is 22.3 Å². The van der Waals surface area contributed by atoms with E-state index >= 15 is 0 Å². The number of carbonyl (C=O) groups is 2. The van der Waals surface area contributed by atoms with E-state index in [1.54, 1.807) is 32.2 Å². The molecule has 0 aliphatic carbocycles. The first-order valence-corrected chi connectivity index (χ1v) is 10.5. The number of hydrogen-bond acceptors (Lipinski definition) is 5. The molecule has 34 heavy (non-hydrogen) atoms. The van der Waals surface area contributed by atoms with Gasteiger partial charge in [-0.3, -0.25) is 0 Å². The van der Waals surface area contributed by atoms with Crippen molar-refractivity contribution < 1.29 is 28.2 Å². The normalized spacial score (nSPS) is 10.5. The second kappa shape index (κ2) is 10.7. The summed E-state index contributed by atoms with van der Waals surface area (Å²) >= 11 is 0. The number of halogens is 1. The van der Waals surface area contributed by atoms with Gasteiger partial charge < -0.3 is 14.2 Å². The Kier molecular flexibility index (Phi) is 7.76. The van der Waals surface area contributed by atoms with Crippen LogP contribution in [0, 0.1) is 5.82 Å². The van der Waals surface area contributed by atoms with Crippen molar-refractivity contribution in [3.8, 4) is 33.8 Å². The van der Waals surface area contributed by atoms with Crippen LogP contribution in [-0.2, 0) is 20.9 Å². The lowest BCUT2D eigenvalue weighted by molar-refractivity contribution is -0.131. The highest BCUT2D eigenvalue weighted by Crippen LogP contribution is 2.32. The Hall–Kier alpha value is -4.03. The molecule has 6 heteroatoms. The maximum Gasteiger partial charge on any atom is 0.338 e. The van der Waals surface area contributed by atoms with Gasteiger partial charge in [-0.25, -0.2) is 14.0 Å². The SMILES string of the molecule is C=C(C)C(=O)Oc1ccc(-c2ccc(-c3ccc(OC(=O)C(=C)C)c(F)c3)cc2COC)cc1. The van der Waals surface area contributed by atoms with E-state index in [2.05, 4.69) is 13.2 Å². The highest BCUT2D eigenvalue weighted by atomic mass is 19.1. The molecule has 0 aliphatic rings. The molecule has 0 aromatic heterocycles. The number of benzene rings is 3. The summed E-state index contributed by atoms with van der Waals surface area (Å²) in [4.78, 5) is 23.4. The molecule has 5 nitrogen and oxygen atoms in total. The van der Waals surface area contributed by atoms with Crippen molar-refractivity contribution >= 4 is 11.9 Å². The summed E-state index contributed by atoms with van der Waals surface area (Å²) in [7, 11) is 1.60. The molecule has 0 saturated carbocycles. The molecule has 0 saturated heterocycles. The van der Waals surface area contributed by atoms with Crippen LogP contribution in [0.5, 0.6) is 11.5 Å². The van der Waals surface area contributed by atoms with Crippen molar-refractivity contribution in [1.29, 1.82) is 0 Å². The molecule has 0 heterocycles. The highest BCUT2D eigenvalue weighted by molar-refractivity contribution is 5.89. The van der Waals surface area contributed by atoms with Crippen molar-refractivity contribution in [2.24, 2.45) is 0 Å². The monoisotopic (exact) mass is 460 g/mol. The second-order valence-corrected chi connectivity index (χ2v) is 7.81. The zero-order valence-electron chi connectivity index (χ0n) is 19.3. The van der Waals surface area contributed by atoms with E-state index in [1.807, 2.05) is 30.3 Å². The maximum absolute atomic E-state index is 14.6. The molecule has 0 fully saturated rings. The lowest BCUT2D eigenvalue weighted by atomic mass is 9.95. The van der Waals surface area contributed by atoms with Gasteiger partial charge in [0.2, 0.25) is 0 Å². The molecule has 0 aliphatic heterocycles. The van der Waals surface area contributed by atoms with Crippen LogP contribution >= 0.6 is 0 Å². The standard InChI is InChI=1S/C28H25FO5/c1-17(2)27(30)33-23-10-6-19(7-11-23)24-12-8-20(14-22(24)16-32-5)21-9-13-26(25(29)15-21)34-28(31)18(3)4/h6-15H,1,3,16H2,2,4-5H3. The van der Waals surface area contributed by atoms with Crippen LogP contribution in [0.4, 0.5) is 4.39 Å². The van der Waals surface area contributed by atoms with Gasteiger partial charge in [0.15, 0.2) is 11.6 Å². The van der Waals surface area contributed by atoms with E-state index in [4.69, 9.17) is 14.2 Å². The molecule has 3 aromatic rings. The summed E-state index contributed by atoms with van der Waals surface area (Å²) in [6.45, 7) is 10.5. The minimum Gasteiger partial charge on any atom is -0.423 e. The quantitative estimate of drug-likeness (QED) is 0.225. The van der Waals surface area contributed by atoms with Crippen LogP contribution in [-0.4, -0.2) is 19.0 Å². The van der Waals surface area contributed by atoms with Crippen LogP contribution in [0.2, 0.25) is 0 Å². The van der Waals surface area contributed by atoms with Crippen molar-refractivity contribution in [1.82, 2.24) is 0 Å². The molecular formula is C28H25FO5. The number of ether oxygens (including phenoxy) is 3. The predicted molar refractivity (Wildman–Crippen MR) is 129 cm³/mol. The van der Waals surface area contributed by atoms with E-state index < -0.39 is 17.8 Å². The van der Waals surface area contributed by atoms with Crippen LogP contribution in [0.25, 0.3) is 22.3 Å². The first-order chi connectivity index (χ1) is 16.2. The summed E-state index contributed by atoms with van der Waals surface area (Å²) in [6, 6.07) is 17.2. The summed E-state index contributed by atoms with van der Waals surface area (Å²) in [5.41, 5.74) is 4.63. The van der Waals surface area contributed by atoms with Crippen molar-refractivity contribution in [3.05, 3.63) is 96.3 Å². The van der Waals surface area contributed by atoms with Crippen LogP contribution in [0.1, 0.15) is 19.4 Å². The molecule has 0 N–H and O–H groups in total. The van der Waals surface area contributed by atoms with Crippen molar-refractivity contribution in [3.63, 3.8) is 0 Å². The van der Waals surface area contributed by atoms with E-state index in [1.165, 1.54) is 19.1 Å². The highest BCUT2D eigenvalue weighted by Gasteiger charge is 2.13. The summed E-state index contributed by atoms with van der Waals surface area (Å²) in [5, 5.41) is 0. The molecule has 0 spiro atoms. The van der Waals surface area contributed by atoms with E-state index in [-0.39, 0.29) is 11.3 Å². The number of carbonyl (C=O) groups excluding carboxylic acids is 2. The molecular weight excluding hydrogens is 435 g/mol. The molecule has 3 aromatic carbocycles. The van der Waals surface area contributed by atoms with Gasteiger partial charge in [-0.1, -0.05) is 43.5 Å². The number of esters is 2. The predicted octanol–water partition coefficient (Wildman–Crippen LogP) is 6.27. The Morgan fingerprint density at radius 1 is 0.794 bits per heavy atom. The second-order valence-electron chi connectivity index (χ2n) is 7.81. The van der Waals surface area contributed by atoms with Gasteiger partial charge in [-0.05, 0) is 72.0 Å². The van der Waals surface area contributed by atoms with Crippen molar-refractivity contribution in [2.75, 3.05) is 7.11 Å². The van der Waals surface area contributed by atoms with Crippen LogP contribution in [0.15, 0.2) is 85.0 Å². The molecule has 0 amide bonds. The Bertz CT molecular complexity index is 1260. The molecule has 0 atom stereocenters. The third-order valence-electron chi connectivity index (χ3n) is 4.95. The summed E-state index contributed by atoms with van der Waals surface area (Å²) < 4.78 is 30.2. The van der Waals surface area contributed by atoms with E-state index in [9.17, 15) is 14.0 Å². The lowest BCUT2D eigenvalue weighted by Crippen LogP contribution is -2.09. The van der Waals surface area contributed by atoms with Crippen LogP contribution < -0.4 is 9.47 Å². The molecule has 174 valence electrons. The smallest absolute Gasteiger partial charge is 0.338 e. The Labute approximate surface area is 198 Å². The summed E-state index contributed by atoms with van der Waals surface area (Å²) in [5.74, 6) is -1.55. The maximum atomic E-state index is 14.6. The third-order valence-corrected chi connectivity index (χ3v) is 4.95. The molecule has 0 unspecified atom stereocenters. The van der Waals surface area contributed by atoms with E-state index in [0.29, 0.717) is 23.5 Å². The molecule has 3 rings (SSSR count). The number of rotatable bonds is 8. The largest absolute Gasteiger partial charge is 0.423 e. The fourth-order valence-electron chi connectivity index (χ4n) is 3.18. The number of hydrogen-bond donors (Lipinski definition) is 0. The first-order valence-electron chi connectivity index (χ1n) is 10.5. The van der Waals surface area contributed by atoms with Crippen molar-refractivity contribution in [2.45, 2.75) is 20.5 Å². The molecule has 0 radical (unpaired) electrons. The van der Waals surface area contributed by atoms with Gasteiger partial charge in [0.1, 0.15) is 5.75 Å². The Morgan fingerprint density at radius 2 is 1.35 bits per heavy atom. The third kappa shape index (κ3) is 5.85. The molecule has 0 bridgehead atoms. The zero-order chi connectivity index (χ0) is 24.8. The van der Waals surface area contributed by atoms with Gasteiger partial charge in [-0.2, -0.15) is 0 Å². The summed E-state index contributed by atoms with van der Waals surface area (Å²) in [6.07, 6.45) is 0. The first kappa shape index (κ1) is 24.6. The zero-order valence-corrected chi connectivity index (χ0v) is 19.3. The fraction of sp³-hybridized carbons (Fsp3) is 0.143. The fourth-order valence-corrected chi connectivity index (χ4v) is 3.18. The van der Waals surface area contributed by atoms with Gasteiger partial charge in [0.25, 0.3) is 0 Å². The minimum atomic E-state index is -0.682. The Balaban J connectivity index is 1.89. The number of methoxy groups -OCH3 is 1. The Morgan fingerprint density at radius 3 is 1.94 bits per heavy atom. The van der Waals surface area contributed by atoms with Gasteiger partial charge >= 0.3 is 11.9 Å². The average molecular weight is 461 g/mol. The average Bonchev–Trinajstić information content (AvgIpc) is 2.81. The van der Waals surface area contributed by atoms with Crippen LogP contribution in [0.3, 0.4) is 0 Å². The minimum absolute atomic E-state index is 0.155. The van der Waals surface area contributed by atoms with Gasteiger partial charge in [-0.15, -0.1) is 0 Å². The lowest BCUT2D eigenvalue weighted by Gasteiger charge is -2.13. The van der Waals surface area contributed by atoms with Gasteiger partial charge in [0.05, 0.1) is 6.61 Å². The van der Waals surface area contributed by atoms with Gasteiger partial charge in [0, 0.05) is 18.3 Å².